The van der Waals surface area contributed by atoms with Crippen molar-refractivity contribution >= 4 is 11.6 Å². The fraction of sp³-hybridized carbons (Fsp3) is 0.500. The highest BCUT2D eigenvalue weighted by atomic mass is 16.5. The third-order valence-electron chi connectivity index (χ3n) is 3.34. The molecule has 98 valence electrons. The Bertz CT molecular complexity index is 422. The lowest BCUT2D eigenvalue weighted by Crippen LogP contribution is -2.50. The van der Waals surface area contributed by atoms with Gasteiger partial charge >= 0.3 is 0 Å². The molecule has 0 saturated heterocycles. The largest absolute Gasteiger partial charge is 0.494 e. The van der Waals surface area contributed by atoms with E-state index in [0.717, 1.165) is 24.3 Å². The van der Waals surface area contributed by atoms with Crippen molar-refractivity contribution in [1.29, 1.82) is 0 Å². The number of anilines is 1. The van der Waals surface area contributed by atoms with Crippen molar-refractivity contribution in [3.05, 3.63) is 24.3 Å². The molecule has 1 aliphatic rings. The van der Waals surface area contributed by atoms with Gasteiger partial charge in [-0.2, -0.15) is 0 Å². The second-order valence-corrected chi connectivity index (χ2v) is 4.97. The summed E-state index contributed by atoms with van der Waals surface area (Å²) in [7, 11) is 0. The number of benzene rings is 1. The zero-order valence-electron chi connectivity index (χ0n) is 10.9. The van der Waals surface area contributed by atoms with Crippen LogP contribution in [0.5, 0.6) is 5.75 Å². The van der Waals surface area contributed by atoms with E-state index >= 15 is 0 Å². The molecule has 0 heterocycles. The van der Waals surface area contributed by atoms with Crippen LogP contribution in [0, 0.1) is 5.92 Å². The van der Waals surface area contributed by atoms with Crippen molar-refractivity contribution in [2.24, 2.45) is 11.7 Å². The Morgan fingerprint density at radius 1 is 1.44 bits per heavy atom. The molecule has 1 atom stereocenters. The Labute approximate surface area is 108 Å². The zero-order chi connectivity index (χ0) is 13.2. The van der Waals surface area contributed by atoms with Gasteiger partial charge in [-0.3, -0.25) is 4.79 Å². The lowest BCUT2D eigenvalue weighted by Gasteiger charge is -2.23. The second-order valence-electron chi connectivity index (χ2n) is 4.97. The summed E-state index contributed by atoms with van der Waals surface area (Å²) in [6.07, 6.45) is 2.09. The lowest BCUT2D eigenvalue weighted by atomic mass is 9.96. The van der Waals surface area contributed by atoms with Crippen molar-refractivity contribution in [2.75, 3.05) is 11.9 Å². The monoisotopic (exact) mass is 248 g/mol. The molecule has 1 aliphatic carbocycles. The van der Waals surface area contributed by atoms with Crippen LogP contribution < -0.4 is 15.8 Å². The van der Waals surface area contributed by atoms with Crippen LogP contribution >= 0.6 is 0 Å². The van der Waals surface area contributed by atoms with Gasteiger partial charge in [-0.05, 0) is 56.9 Å². The number of carbonyl (C=O) groups is 1. The third-order valence-corrected chi connectivity index (χ3v) is 3.34. The zero-order valence-corrected chi connectivity index (χ0v) is 10.9. The molecule has 1 unspecified atom stereocenters. The van der Waals surface area contributed by atoms with Crippen LogP contribution in [0.15, 0.2) is 24.3 Å². The minimum atomic E-state index is -0.765. The first kappa shape index (κ1) is 12.9. The van der Waals surface area contributed by atoms with Crippen molar-refractivity contribution in [3.63, 3.8) is 0 Å². The van der Waals surface area contributed by atoms with Crippen molar-refractivity contribution in [3.8, 4) is 5.75 Å². The van der Waals surface area contributed by atoms with E-state index in [9.17, 15) is 4.79 Å². The summed E-state index contributed by atoms with van der Waals surface area (Å²) in [6.45, 7) is 4.37. The molecule has 2 rings (SSSR count). The standard InChI is InChI=1S/C14H20N2O2/c1-3-18-12-8-6-11(7-9-12)16-13(17)14(2,15)10-4-5-10/h6-10H,3-5,15H2,1-2H3,(H,16,17). The number of rotatable bonds is 5. The predicted molar refractivity (Wildman–Crippen MR) is 71.6 cm³/mol. The Morgan fingerprint density at radius 3 is 2.56 bits per heavy atom. The quantitative estimate of drug-likeness (QED) is 0.839. The van der Waals surface area contributed by atoms with E-state index < -0.39 is 5.54 Å². The molecule has 1 saturated carbocycles. The maximum Gasteiger partial charge on any atom is 0.244 e. The number of ether oxygens (including phenoxy) is 1. The maximum atomic E-state index is 12.1. The van der Waals surface area contributed by atoms with E-state index in [-0.39, 0.29) is 5.91 Å². The summed E-state index contributed by atoms with van der Waals surface area (Å²) in [4.78, 5) is 12.1. The van der Waals surface area contributed by atoms with Gasteiger partial charge in [0.1, 0.15) is 5.75 Å². The molecule has 1 amide bonds. The first-order valence-electron chi connectivity index (χ1n) is 6.37. The van der Waals surface area contributed by atoms with Gasteiger partial charge in [0, 0.05) is 5.69 Å². The molecule has 3 N–H and O–H groups in total. The van der Waals surface area contributed by atoms with Crippen molar-refractivity contribution < 1.29 is 9.53 Å². The van der Waals surface area contributed by atoms with Crippen LogP contribution in [0.25, 0.3) is 0 Å². The highest BCUT2D eigenvalue weighted by molar-refractivity contribution is 5.98. The SMILES string of the molecule is CCOc1ccc(NC(=O)C(C)(N)C2CC2)cc1. The molecule has 0 spiro atoms. The normalized spacial score (nSPS) is 17.9. The summed E-state index contributed by atoms with van der Waals surface area (Å²) in [5, 5.41) is 2.85. The van der Waals surface area contributed by atoms with E-state index in [1.54, 1.807) is 6.92 Å². The smallest absolute Gasteiger partial charge is 0.244 e. The average Bonchev–Trinajstić information content (AvgIpc) is 3.16. The molecule has 4 heteroatoms. The fourth-order valence-corrected chi connectivity index (χ4v) is 1.94. The molecule has 0 radical (unpaired) electrons. The van der Waals surface area contributed by atoms with E-state index in [1.165, 1.54) is 0 Å². The van der Waals surface area contributed by atoms with Gasteiger partial charge in [-0.1, -0.05) is 0 Å². The second kappa shape index (κ2) is 4.98. The molecular weight excluding hydrogens is 228 g/mol. The van der Waals surface area contributed by atoms with E-state index in [0.29, 0.717) is 12.5 Å². The first-order chi connectivity index (χ1) is 8.54. The summed E-state index contributed by atoms with van der Waals surface area (Å²) in [5.41, 5.74) is 6.04. The van der Waals surface area contributed by atoms with Gasteiger partial charge in [0.15, 0.2) is 0 Å². The number of nitrogens with one attached hydrogen (secondary N) is 1. The summed E-state index contributed by atoms with van der Waals surface area (Å²) in [6, 6.07) is 7.33. The topological polar surface area (TPSA) is 64.3 Å². The highest BCUT2D eigenvalue weighted by Gasteiger charge is 2.44. The van der Waals surface area contributed by atoms with Crippen LogP contribution in [0.3, 0.4) is 0 Å². The van der Waals surface area contributed by atoms with Gasteiger partial charge in [0.05, 0.1) is 12.1 Å². The number of hydrogen-bond donors (Lipinski definition) is 2. The number of carbonyl (C=O) groups excluding carboxylic acids is 1. The van der Waals surface area contributed by atoms with Gasteiger partial charge < -0.3 is 15.8 Å². The Kier molecular flexibility index (Phi) is 3.57. The summed E-state index contributed by atoms with van der Waals surface area (Å²) >= 11 is 0. The molecule has 1 fully saturated rings. The van der Waals surface area contributed by atoms with Crippen LogP contribution in [-0.4, -0.2) is 18.1 Å². The number of nitrogens with two attached hydrogens (primary N) is 1. The van der Waals surface area contributed by atoms with Crippen LogP contribution in [0.4, 0.5) is 5.69 Å². The van der Waals surface area contributed by atoms with Crippen molar-refractivity contribution in [2.45, 2.75) is 32.2 Å². The molecule has 0 aliphatic heterocycles. The van der Waals surface area contributed by atoms with E-state index in [2.05, 4.69) is 5.32 Å². The molecule has 1 aromatic rings. The van der Waals surface area contributed by atoms with Crippen LogP contribution in [0.1, 0.15) is 26.7 Å². The maximum absolute atomic E-state index is 12.1. The van der Waals surface area contributed by atoms with Crippen molar-refractivity contribution in [1.82, 2.24) is 0 Å². The van der Waals surface area contributed by atoms with Crippen LogP contribution in [0.2, 0.25) is 0 Å². The van der Waals surface area contributed by atoms with E-state index in [4.69, 9.17) is 10.5 Å². The molecule has 1 aromatic carbocycles. The Hall–Kier alpha value is -1.55. The molecule has 4 nitrogen and oxygen atoms in total. The average molecular weight is 248 g/mol. The Morgan fingerprint density at radius 2 is 2.06 bits per heavy atom. The fourth-order valence-electron chi connectivity index (χ4n) is 1.94. The first-order valence-corrected chi connectivity index (χ1v) is 6.37. The minimum Gasteiger partial charge on any atom is -0.494 e. The molecule has 0 aromatic heterocycles. The molecule has 0 bridgehead atoms. The van der Waals surface area contributed by atoms with Gasteiger partial charge in [0.25, 0.3) is 0 Å². The lowest BCUT2D eigenvalue weighted by molar-refractivity contribution is -0.121. The van der Waals surface area contributed by atoms with Gasteiger partial charge in [-0.25, -0.2) is 0 Å². The van der Waals surface area contributed by atoms with Crippen LogP contribution in [-0.2, 0) is 4.79 Å². The van der Waals surface area contributed by atoms with E-state index in [1.807, 2.05) is 31.2 Å². The highest BCUT2D eigenvalue weighted by Crippen LogP contribution is 2.38. The third kappa shape index (κ3) is 2.82. The molecular formula is C14H20N2O2. The number of hydrogen-bond acceptors (Lipinski definition) is 3. The number of amides is 1. The van der Waals surface area contributed by atoms with Gasteiger partial charge in [0.2, 0.25) is 5.91 Å². The molecule has 18 heavy (non-hydrogen) atoms. The Balaban J connectivity index is 1.98. The summed E-state index contributed by atoms with van der Waals surface area (Å²) in [5.74, 6) is 1.00. The van der Waals surface area contributed by atoms with Gasteiger partial charge in [-0.15, -0.1) is 0 Å². The minimum absolute atomic E-state index is 0.117. The predicted octanol–water partition coefficient (Wildman–Crippen LogP) is 2.15. The summed E-state index contributed by atoms with van der Waals surface area (Å²) < 4.78 is 5.34.